The van der Waals surface area contributed by atoms with Gasteiger partial charge in [0.2, 0.25) is 0 Å². The smallest absolute Gasteiger partial charge is 0.278 e. The van der Waals surface area contributed by atoms with Crippen LogP contribution >= 0.6 is 15.9 Å². The Hall–Kier alpha value is -2.14. The first kappa shape index (κ1) is 13.3. The summed E-state index contributed by atoms with van der Waals surface area (Å²) in [6.45, 7) is 2.59. The number of aromatic nitrogens is 4. The van der Waals surface area contributed by atoms with E-state index in [0.29, 0.717) is 22.4 Å². The van der Waals surface area contributed by atoms with E-state index in [1.807, 2.05) is 13.0 Å². The number of nitrogens with one attached hydrogen (secondary N) is 1. The lowest BCUT2D eigenvalue weighted by Crippen LogP contribution is -2.17. The number of rotatable bonds is 3. The number of nitriles is 1. The van der Waals surface area contributed by atoms with Gasteiger partial charge in [0, 0.05) is 19.8 Å². The minimum Gasteiger partial charge on any atom is -0.304 e. The third-order valence-electron chi connectivity index (χ3n) is 2.55. The van der Waals surface area contributed by atoms with Gasteiger partial charge in [-0.3, -0.25) is 14.2 Å². The van der Waals surface area contributed by atoms with Gasteiger partial charge in [-0.2, -0.15) is 15.5 Å². The minimum atomic E-state index is -0.390. The van der Waals surface area contributed by atoms with E-state index >= 15 is 0 Å². The highest BCUT2D eigenvalue weighted by molar-refractivity contribution is 9.10. The highest BCUT2D eigenvalue weighted by atomic mass is 79.9. The third kappa shape index (κ3) is 2.51. The van der Waals surface area contributed by atoms with Crippen LogP contribution < -0.4 is 5.32 Å². The van der Waals surface area contributed by atoms with Gasteiger partial charge in [-0.1, -0.05) is 0 Å². The van der Waals surface area contributed by atoms with E-state index in [1.165, 1.54) is 10.9 Å². The number of carbonyl (C=O) groups is 1. The van der Waals surface area contributed by atoms with Crippen LogP contribution in [0, 0.1) is 11.3 Å². The standard InChI is InChI=1S/C11H11BrN6O/c1-3-18-6-8(12)9(16-18)11(19)15-10-7(4-13)5-14-17(10)2/h5-6H,3H2,1-2H3,(H,15,19). The Morgan fingerprint density at radius 2 is 2.37 bits per heavy atom. The summed E-state index contributed by atoms with van der Waals surface area (Å²) in [5.41, 5.74) is 0.578. The van der Waals surface area contributed by atoms with Gasteiger partial charge >= 0.3 is 0 Å². The molecular formula is C11H11BrN6O. The molecule has 0 aromatic carbocycles. The number of halogens is 1. The molecule has 2 aromatic rings. The molecule has 0 aliphatic rings. The second kappa shape index (κ2) is 5.24. The van der Waals surface area contributed by atoms with Gasteiger partial charge in [0.05, 0.1) is 10.7 Å². The molecule has 0 saturated heterocycles. The molecule has 7 nitrogen and oxygen atoms in total. The monoisotopic (exact) mass is 322 g/mol. The molecule has 0 atom stereocenters. The molecule has 0 fully saturated rings. The third-order valence-corrected chi connectivity index (χ3v) is 3.13. The van der Waals surface area contributed by atoms with Crippen molar-refractivity contribution in [2.45, 2.75) is 13.5 Å². The number of aryl methyl sites for hydroxylation is 2. The molecule has 2 heterocycles. The maximum absolute atomic E-state index is 12.1. The largest absolute Gasteiger partial charge is 0.304 e. The van der Waals surface area contributed by atoms with Crippen molar-refractivity contribution >= 4 is 27.7 Å². The summed E-state index contributed by atoms with van der Waals surface area (Å²) in [4.78, 5) is 12.1. The van der Waals surface area contributed by atoms with Gasteiger partial charge in [-0.25, -0.2) is 0 Å². The van der Waals surface area contributed by atoms with E-state index in [-0.39, 0.29) is 11.6 Å². The summed E-state index contributed by atoms with van der Waals surface area (Å²) < 4.78 is 3.68. The topological polar surface area (TPSA) is 88.5 Å². The maximum atomic E-state index is 12.1. The number of hydrogen-bond donors (Lipinski definition) is 1. The fraction of sp³-hybridized carbons (Fsp3) is 0.273. The average molecular weight is 323 g/mol. The molecule has 98 valence electrons. The van der Waals surface area contributed by atoms with Gasteiger partial charge < -0.3 is 5.32 Å². The van der Waals surface area contributed by atoms with Crippen LogP contribution in [0.15, 0.2) is 16.9 Å². The Balaban J connectivity index is 2.28. The van der Waals surface area contributed by atoms with Crippen LogP contribution in [0.3, 0.4) is 0 Å². The number of anilines is 1. The zero-order chi connectivity index (χ0) is 14.0. The fourth-order valence-corrected chi connectivity index (χ4v) is 2.04. The molecule has 19 heavy (non-hydrogen) atoms. The highest BCUT2D eigenvalue weighted by Crippen LogP contribution is 2.18. The highest BCUT2D eigenvalue weighted by Gasteiger charge is 2.18. The van der Waals surface area contributed by atoms with Crippen LogP contribution in [0.4, 0.5) is 5.82 Å². The Labute approximate surface area is 117 Å². The first-order valence-corrected chi connectivity index (χ1v) is 6.32. The summed E-state index contributed by atoms with van der Waals surface area (Å²) in [6, 6.07) is 1.97. The lowest BCUT2D eigenvalue weighted by Gasteiger charge is -2.04. The maximum Gasteiger partial charge on any atom is 0.278 e. The quantitative estimate of drug-likeness (QED) is 0.927. The van der Waals surface area contributed by atoms with Crippen LogP contribution in [-0.2, 0) is 13.6 Å². The summed E-state index contributed by atoms with van der Waals surface area (Å²) in [7, 11) is 1.65. The molecular weight excluding hydrogens is 312 g/mol. The fourth-order valence-electron chi connectivity index (χ4n) is 1.55. The van der Waals surface area contributed by atoms with E-state index in [1.54, 1.807) is 17.9 Å². The van der Waals surface area contributed by atoms with Crippen molar-refractivity contribution in [1.82, 2.24) is 19.6 Å². The first-order chi connectivity index (χ1) is 9.06. The Kier molecular flexibility index (Phi) is 3.66. The van der Waals surface area contributed by atoms with E-state index in [4.69, 9.17) is 5.26 Å². The lowest BCUT2D eigenvalue weighted by atomic mass is 10.3. The van der Waals surface area contributed by atoms with Crippen LogP contribution in [0.2, 0.25) is 0 Å². The van der Waals surface area contributed by atoms with Crippen molar-refractivity contribution in [1.29, 1.82) is 5.26 Å². The summed E-state index contributed by atoms with van der Waals surface area (Å²) >= 11 is 3.29. The van der Waals surface area contributed by atoms with Gasteiger partial charge in [-0.05, 0) is 22.9 Å². The van der Waals surface area contributed by atoms with E-state index in [2.05, 4.69) is 31.4 Å². The minimum absolute atomic E-state index is 0.270. The molecule has 0 spiro atoms. The molecule has 0 saturated carbocycles. The molecule has 0 aliphatic heterocycles. The number of hydrogen-bond acceptors (Lipinski definition) is 4. The van der Waals surface area contributed by atoms with Crippen LogP contribution in [0.25, 0.3) is 0 Å². The van der Waals surface area contributed by atoms with Crippen molar-refractivity contribution in [2.75, 3.05) is 5.32 Å². The normalized spacial score (nSPS) is 10.2. The van der Waals surface area contributed by atoms with Crippen molar-refractivity contribution in [3.8, 4) is 6.07 Å². The number of amides is 1. The predicted octanol–water partition coefficient (Wildman–Crippen LogP) is 1.52. The van der Waals surface area contributed by atoms with Crippen molar-refractivity contribution in [3.63, 3.8) is 0 Å². The molecule has 8 heteroatoms. The summed E-state index contributed by atoms with van der Waals surface area (Å²) in [5.74, 6) is -0.0374. The first-order valence-electron chi connectivity index (χ1n) is 5.53. The zero-order valence-corrected chi connectivity index (χ0v) is 12.0. The lowest BCUT2D eigenvalue weighted by molar-refractivity contribution is 0.102. The SMILES string of the molecule is CCn1cc(Br)c(C(=O)Nc2c(C#N)cnn2C)n1. The van der Waals surface area contributed by atoms with Gasteiger partial charge in [-0.15, -0.1) is 0 Å². The molecule has 2 aromatic heterocycles. The van der Waals surface area contributed by atoms with Gasteiger partial charge in [0.15, 0.2) is 5.69 Å². The Morgan fingerprint density at radius 3 is 2.95 bits per heavy atom. The van der Waals surface area contributed by atoms with Crippen molar-refractivity contribution in [3.05, 3.63) is 28.1 Å². The second-order valence-corrected chi connectivity index (χ2v) is 4.63. The molecule has 1 amide bonds. The zero-order valence-electron chi connectivity index (χ0n) is 10.4. The van der Waals surface area contributed by atoms with Gasteiger partial charge in [0.1, 0.15) is 17.5 Å². The molecule has 1 N–H and O–H groups in total. The molecule has 0 unspecified atom stereocenters. The van der Waals surface area contributed by atoms with E-state index < -0.39 is 0 Å². The molecule has 0 radical (unpaired) electrons. The van der Waals surface area contributed by atoms with E-state index in [9.17, 15) is 4.79 Å². The summed E-state index contributed by atoms with van der Waals surface area (Å²) in [5, 5.41) is 19.6. The Bertz CT molecular complexity index is 665. The summed E-state index contributed by atoms with van der Waals surface area (Å²) in [6.07, 6.45) is 3.12. The van der Waals surface area contributed by atoms with Crippen LogP contribution in [0.1, 0.15) is 23.0 Å². The molecule has 2 rings (SSSR count). The predicted molar refractivity (Wildman–Crippen MR) is 71.5 cm³/mol. The number of nitrogens with zero attached hydrogens (tertiary/aromatic N) is 5. The van der Waals surface area contributed by atoms with Gasteiger partial charge in [0.25, 0.3) is 5.91 Å². The molecule has 0 aliphatic carbocycles. The van der Waals surface area contributed by atoms with Crippen LogP contribution in [0.5, 0.6) is 0 Å². The van der Waals surface area contributed by atoms with E-state index in [0.717, 1.165) is 0 Å². The average Bonchev–Trinajstić information content (AvgIpc) is 2.94. The second-order valence-electron chi connectivity index (χ2n) is 3.78. The van der Waals surface area contributed by atoms with Crippen molar-refractivity contribution < 1.29 is 4.79 Å². The van der Waals surface area contributed by atoms with Crippen molar-refractivity contribution in [2.24, 2.45) is 7.05 Å². The van der Waals surface area contributed by atoms with Crippen LogP contribution in [-0.4, -0.2) is 25.5 Å². The molecule has 0 bridgehead atoms. The number of carbonyl (C=O) groups excluding carboxylic acids is 1. The Morgan fingerprint density at radius 1 is 1.63 bits per heavy atom.